The summed E-state index contributed by atoms with van der Waals surface area (Å²) in [4.78, 5) is 16.8. The molecule has 30 heavy (non-hydrogen) atoms. The fourth-order valence-electron chi connectivity index (χ4n) is 3.98. The summed E-state index contributed by atoms with van der Waals surface area (Å²) in [6.45, 7) is 7.96. The van der Waals surface area contributed by atoms with E-state index in [4.69, 9.17) is 4.42 Å². The van der Waals surface area contributed by atoms with Crippen LogP contribution in [0.5, 0.6) is 0 Å². The molecule has 0 N–H and O–H groups in total. The highest BCUT2D eigenvalue weighted by Gasteiger charge is 2.31. The molecule has 3 heterocycles. The molecule has 1 aliphatic heterocycles. The summed E-state index contributed by atoms with van der Waals surface area (Å²) in [6.07, 6.45) is 2.50. The van der Waals surface area contributed by atoms with E-state index in [2.05, 4.69) is 46.4 Å². The second-order valence-corrected chi connectivity index (χ2v) is 8.13. The molecule has 1 amide bonds. The molecule has 0 spiro atoms. The van der Waals surface area contributed by atoms with Crippen molar-refractivity contribution in [1.82, 2.24) is 30.0 Å². The van der Waals surface area contributed by atoms with E-state index < -0.39 is 0 Å². The van der Waals surface area contributed by atoms with Crippen LogP contribution in [-0.2, 0) is 6.54 Å². The van der Waals surface area contributed by atoms with Crippen LogP contribution >= 0.6 is 0 Å². The minimum atomic E-state index is -0.0472. The number of furan rings is 1. The van der Waals surface area contributed by atoms with E-state index in [-0.39, 0.29) is 11.9 Å². The molecule has 2 aromatic heterocycles. The summed E-state index contributed by atoms with van der Waals surface area (Å²) in [5.41, 5.74) is 1.17. The molecular weight excluding hydrogens is 380 g/mol. The Morgan fingerprint density at radius 1 is 1.07 bits per heavy atom. The lowest BCUT2D eigenvalue weighted by molar-refractivity contribution is 0.0500. The molecular formula is C22H28N6O2. The Hall–Kier alpha value is -3.00. The molecule has 158 valence electrons. The maximum absolute atomic E-state index is 12.6. The zero-order chi connectivity index (χ0) is 20.9. The molecule has 0 radical (unpaired) electrons. The first-order valence-corrected chi connectivity index (χ1v) is 10.5. The van der Waals surface area contributed by atoms with Gasteiger partial charge in [-0.25, -0.2) is 4.68 Å². The van der Waals surface area contributed by atoms with Gasteiger partial charge >= 0.3 is 0 Å². The molecule has 0 saturated carbocycles. The Bertz CT molecular complexity index is 930. The van der Waals surface area contributed by atoms with E-state index in [0.29, 0.717) is 31.3 Å². The van der Waals surface area contributed by atoms with Crippen molar-refractivity contribution in [2.75, 3.05) is 26.2 Å². The summed E-state index contributed by atoms with van der Waals surface area (Å²) in [6, 6.07) is 13.8. The number of piperazine rings is 1. The number of amides is 1. The third kappa shape index (κ3) is 4.59. The molecule has 0 bridgehead atoms. The lowest BCUT2D eigenvalue weighted by Crippen LogP contribution is -2.50. The van der Waals surface area contributed by atoms with Gasteiger partial charge in [0.05, 0.1) is 18.8 Å². The average Bonchev–Trinajstić information content (AvgIpc) is 3.45. The second-order valence-electron chi connectivity index (χ2n) is 8.13. The monoisotopic (exact) mass is 408 g/mol. The Kier molecular flexibility index (Phi) is 6.23. The van der Waals surface area contributed by atoms with E-state index in [1.165, 1.54) is 11.8 Å². The average molecular weight is 409 g/mol. The normalized spacial score (nSPS) is 16.2. The van der Waals surface area contributed by atoms with Crippen molar-refractivity contribution in [1.29, 1.82) is 0 Å². The van der Waals surface area contributed by atoms with Crippen LogP contribution in [-0.4, -0.2) is 62.1 Å². The molecule has 1 atom stereocenters. The zero-order valence-corrected chi connectivity index (χ0v) is 17.5. The molecule has 1 fully saturated rings. The van der Waals surface area contributed by atoms with Gasteiger partial charge in [0.2, 0.25) is 0 Å². The zero-order valence-electron chi connectivity index (χ0n) is 17.5. The van der Waals surface area contributed by atoms with Gasteiger partial charge in [-0.2, -0.15) is 0 Å². The molecule has 8 nitrogen and oxygen atoms in total. The van der Waals surface area contributed by atoms with Gasteiger partial charge in [-0.1, -0.05) is 44.2 Å². The highest BCUT2D eigenvalue weighted by molar-refractivity contribution is 5.91. The second kappa shape index (κ2) is 9.21. The maximum Gasteiger partial charge on any atom is 0.289 e. The predicted octanol–water partition coefficient (Wildman–Crippen LogP) is 2.86. The number of nitrogens with zero attached hydrogens (tertiary/aromatic N) is 6. The number of carbonyl (C=O) groups excluding carboxylic acids is 1. The number of tetrazole rings is 1. The minimum absolute atomic E-state index is 0.0472. The van der Waals surface area contributed by atoms with Crippen molar-refractivity contribution in [3.63, 3.8) is 0 Å². The Balaban J connectivity index is 1.48. The smallest absolute Gasteiger partial charge is 0.289 e. The molecule has 1 saturated heterocycles. The Labute approximate surface area is 176 Å². The van der Waals surface area contributed by atoms with E-state index in [1.807, 2.05) is 27.8 Å². The molecule has 3 aromatic rings. The first kappa shape index (κ1) is 20.3. The van der Waals surface area contributed by atoms with Gasteiger partial charge in [0.15, 0.2) is 11.6 Å². The standard InChI is InChI=1S/C22H28N6O2/c1-17(2)15-19(21-23-24-25-28(21)16-18-7-4-3-5-8-18)26-10-12-27(13-11-26)22(29)20-9-6-14-30-20/h3-9,14,17,19H,10-13,15-16H2,1-2H3/t19-/m1/s1. The van der Waals surface area contributed by atoms with Crippen LogP contribution in [0.4, 0.5) is 0 Å². The van der Waals surface area contributed by atoms with Gasteiger partial charge in [0, 0.05) is 26.2 Å². The lowest BCUT2D eigenvalue weighted by atomic mass is 10.0. The van der Waals surface area contributed by atoms with Crippen molar-refractivity contribution in [3.05, 3.63) is 65.9 Å². The molecule has 4 rings (SSSR count). The SMILES string of the molecule is CC(C)C[C@H](c1nnnn1Cc1ccccc1)N1CCN(C(=O)c2ccco2)CC1. The molecule has 1 aliphatic rings. The van der Waals surface area contributed by atoms with E-state index in [1.54, 1.807) is 12.1 Å². The van der Waals surface area contributed by atoms with E-state index in [0.717, 1.165) is 25.3 Å². The number of hydrogen-bond acceptors (Lipinski definition) is 6. The molecule has 0 unspecified atom stereocenters. The summed E-state index contributed by atoms with van der Waals surface area (Å²) in [5, 5.41) is 12.6. The molecule has 8 heteroatoms. The Morgan fingerprint density at radius 2 is 1.83 bits per heavy atom. The van der Waals surface area contributed by atoms with Crippen LogP contribution in [0, 0.1) is 5.92 Å². The third-order valence-electron chi connectivity index (χ3n) is 5.50. The number of aromatic nitrogens is 4. The summed E-state index contributed by atoms with van der Waals surface area (Å²) >= 11 is 0. The predicted molar refractivity (Wildman–Crippen MR) is 112 cm³/mol. The third-order valence-corrected chi connectivity index (χ3v) is 5.50. The van der Waals surface area contributed by atoms with Crippen molar-refractivity contribution < 1.29 is 9.21 Å². The van der Waals surface area contributed by atoms with Crippen molar-refractivity contribution in [3.8, 4) is 0 Å². The number of benzene rings is 1. The van der Waals surface area contributed by atoms with Gasteiger partial charge in [0.1, 0.15) is 0 Å². The summed E-state index contributed by atoms with van der Waals surface area (Å²) in [7, 11) is 0. The molecule has 1 aromatic carbocycles. The first-order chi connectivity index (χ1) is 14.6. The number of rotatable bonds is 7. The van der Waals surface area contributed by atoms with Crippen LogP contribution in [0.3, 0.4) is 0 Å². The quantitative estimate of drug-likeness (QED) is 0.598. The largest absolute Gasteiger partial charge is 0.459 e. The van der Waals surface area contributed by atoms with Gasteiger partial charge in [-0.15, -0.1) is 5.10 Å². The van der Waals surface area contributed by atoms with Crippen molar-refractivity contribution in [2.45, 2.75) is 32.9 Å². The highest BCUT2D eigenvalue weighted by Crippen LogP contribution is 2.28. The summed E-state index contributed by atoms with van der Waals surface area (Å²) in [5.74, 6) is 1.74. The van der Waals surface area contributed by atoms with Crippen LogP contribution in [0.25, 0.3) is 0 Å². The van der Waals surface area contributed by atoms with Gasteiger partial charge in [0.25, 0.3) is 5.91 Å². The minimum Gasteiger partial charge on any atom is -0.459 e. The van der Waals surface area contributed by atoms with E-state index >= 15 is 0 Å². The topological polar surface area (TPSA) is 80.3 Å². The van der Waals surface area contributed by atoms with Crippen molar-refractivity contribution in [2.24, 2.45) is 5.92 Å². The van der Waals surface area contributed by atoms with Gasteiger partial charge in [-0.3, -0.25) is 9.69 Å². The summed E-state index contributed by atoms with van der Waals surface area (Å²) < 4.78 is 7.18. The van der Waals surface area contributed by atoms with Crippen LogP contribution in [0.2, 0.25) is 0 Å². The Morgan fingerprint density at radius 3 is 2.50 bits per heavy atom. The fraction of sp³-hybridized carbons (Fsp3) is 0.455. The lowest BCUT2D eigenvalue weighted by Gasteiger charge is -2.39. The fourth-order valence-corrected chi connectivity index (χ4v) is 3.98. The number of hydrogen-bond donors (Lipinski definition) is 0. The van der Waals surface area contributed by atoms with Crippen LogP contribution < -0.4 is 0 Å². The van der Waals surface area contributed by atoms with E-state index in [9.17, 15) is 4.79 Å². The van der Waals surface area contributed by atoms with Gasteiger partial charge < -0.3 is 9.32 Å². The van der Waals surface area contributed by atoms with Crippen LogP contribution in [0.1, 0.15) is 48.3 Å². The maximum atomic E-state index is 12.6. The van der Waals surface area contributed by atoms with Crippen molar-refractivity contribution >= 4 is 5.91 Å². The highest BCUT2D eigenvalue weighted by atomic mass is 16.3. The van der Waals surface area contributed by atoms with Crippen LogP contribution in [0.15, 0.2) is 53.1 Å². The van der Waals surface area contributed by atoms with Gasteiger partial charge in [-0.05, 0) is 40.5 Å². The first-order valence-electron chi connectivity index (χ1n) is 10.5. The molecule has 0 aliphatic carbocycles. The number of carbonyl (C=O) groups is 1.